The highest BCUT2D eigenvalue weighted by molar-refractivity contribution is 9.10. The predicted octanol–water partition coefficient (Wildman–Crippen LogP) is 3.58. The number of hydrogen-bond acceptors (Lipinski definition) is 5. The summed E-state index contributed by atoms with van der Waals surface area (Å²) in [7, 11) is 3.93. The van der Waals surface area contributed by atoms with Crippen molar-refractivity contribution >= 4 is 32.8 Å². The molecule has 138 valence electrons. The topological polar surface area (TPSA) is 75.5 Å². The molecule has 4 rings (SSSR count). The quantitative estimate of drug-likeness (QED) is 0.510. The molecule has 0 aliphatic carbocycles. The molecule has 1 aromatic carbocycles. The van der Waals surface area contributed by atoms with E-state index in [1.165, 1.54) is 0 Å². The average molecular weight is 426 g/mol. The molecule has 0 fully saturated rings. The van der Waals surface area contributed by atoms with Crippen LogP contribution in [0, 0.1) is 0 Å². The van der Waals surface area contributed by atoms with Gasteiger partial charge in [-0.3, -0.25) is 5.10 Å². The molecule has 0 unspecified atom stereocenters. The summed E-state index contributed by atoms with van der Waals surface area (Å²) in [6.45, 7) is 0.868. The number of fused-ring (bicyclic) bond motifs is 1. The van der Waals surface area contributed by atoms with Gasteiger partial charge in [0.05, 0.1) is 11.1 Å². The van der Waals surface area contributed by atoms with Gasteiger partial charge >= 0.3 is 0 Å². The summed E-state index contributed by atoms with van der Waals surface area (Å²) in [5.74, 6) is 0.884. The zero-order chi connectivity index (χ0) is 18.8. The first-order valence-corrected chi connectivity index (χ1v) is 9.57. The number of halogens is 1. The Balaban J connectivity index is 1.42. The Labute approximate surface area is 165 Å². The van der Waals surface area contributed by atoms with Crippen molar-refractivity contribution in [1.82, 2.24) is 29.9 Å². The maximum absolute atomic E-state index is 4.46. The van der Waals surface area contributed by atoms with Crippen LogP contribution in [0.3, 0.4) is 0 Å². The lowest BCUT2D eigenvalue weighted by molar-refractivity contribution is 0.760. The van der Waals surface area contributed by atoms with Gasteiger partial charge in [0, 0.05) is 31.9 Å². The van der Waals surface area contributed by atoms with Crippen molar-refractivity contribution in [3.8, 4) is 11.3 Å². The van der Waals surface area contributed by atoms with E-state index in [-0.39, 0.29) is 0 Å². The summed E-state index contributed by atoms with van der Waals surface area (Å²) in [5, 5.41) is 12.9. The Morgan fingerprint density at radius 2 is 2.00 bits per heavy atom. The van der Waals surface area contributed by atoms with Crippen molar-refractivity contribution in [2.45, 2.75) is 12.8 Å². The molecule has 7 nitrogen and oxygen atoms in total. The highest BCUT2D eigenvalue weighted by Gasteiger charge is 2.16. The van der Waals surface area contributed by atoms with E-state index in [1.807, 2.05) is 32.3 Å². The van der Waals surface area contributed by atoms with Gasteiger partial charge in [-0.1, -0.05) is 30.3 Å². The number of aromatic nitrogens is 6. The molecule has 0 atom stereocenters. The Morgan fingerprint density at radius 3 is 2.81 bits per heavy atom. The first kappa shape index (κ1) is 17.7. The van der Waals surface area contributed by atoms with Crippen LogP contribution in [0.5, 0.6) is 0 Å². The van der Waals surface area contributed by atoms with Gasteiger partial charge in [-0.05, 0) is 34.8 Å². The van der Waals surface area contributed by atoms with E-state index in [9.17, 15) is 0 Å². The van der Waals surface area contributed by atoms with Gasteiger partial charge < -0.3 is 4.90 Å². The largest absolute Gasteiger partial charge is 0.359 e. The molecule has 0 saturated heterocycles. The van der Waals surface area contributed by atoms with Crippen molar-refractivity contribution in [2.24, 2.45) is 7.05 Å². The molecule has 0 saturated carbocycles. The van der Waals surface area contributed by atoms with Gasteiger partial charge in [0.2, 0.25) is 0 Å². The van der Waals surface area contributed by atoms with E-state index in [2.05, 4.69) is 64.3 Å². The number of nitrogens with one attached hydrogen (secondary N) is 1. The summed E-state index contributed by atoms with van der Waals surface area (Å²) in [5.41, 5.74) is 4.06. The SMILES string of the molecule is CN(CCCc1cc(-c2ccccc2)n[nH]1)c1ncnc2c1c(Br)nn2C. The molecule has 8 heteroatoms. The predicted molar refractivity (Wildman–Crippen MR) is 110 cm³/mol. The Hall–Kier alpha value is -2.74. The van der Waals surface area contributed by atoms with Crippen LogP contribution in [0.25, 0.3) is 22.3 Å². The second kappa shape index (κ2) is 7.48. The molecule has 0 aliphatic heterocycles. The van der Waals surface area contributed by atoms with E-state index in [4.69, 9.17) is 0 Å². The van der Waals surface area contributed by atoms with Crippen LogP contribution in [-0.2, 0) is 13.5 Å². The Kier molecular flexibility index (Phi) is 4.89. The summed E-state index contributed by atoms with van der Waals surface area (Å²) in [6.07, 6.45) is 3.49. The molecule has 0 spiro atoms. The maximum Gasteiger partial charge on any atom is 0.164 e. The van der Waals surface area contributed by atoms with Crippen LogP contribution < -0.4 is 4.90 Å². The first-order chi connectivity index (χ1) is 13.1. The third-order valence-corrected chi connectivity index (χ3v) is 5.11. The van der Waals surface area contributed by atoms with Gasteiger partial charge in [-0.25, -0.2) is 14.6 Å². The second-order valence-electron chi connectivity index (χ2n) is 6.48. The first-order valence-electron chi connectivity index (χ1n) is 8.77. The van der Waals surface area contributed by atoms with E-state index < -0.39 is 0 Å². The van der Waals surface area contributed by atoms with Crippen molar-refractivity contribution in [3.05, 3.63) is 53.0 Å². The molecular weight excluding hydrogens is 406 g/mol. The van der Waals surface area contributed by atoms with Crippen LogP contribution in [0.2, 0.25) is 0 Å². The van der Waals surface area contributed by atoms with Crippen molar-refractivity contribution in [2.75, 3.05) is 18.5 Å². The standard InChI is InChI=1S/C19H20BrN7/c1-26(18-16-17(20)25-27(2)19(16)22-12-21-18)10-6-9-14-11-15(24-23-14)13-7-4-3-5-8-13/h3-5,7-8,11-12H,6,9-10H2,1-2H3,(H,23,24). The normalized spacial score (nSPS) is 11.2. The van der Waals surface area contributed by atoms with Crippen molar-refractivity contribution in [1.29, 1.82) is 0 Å². The molecule has 27 heavy (non-hydrogen) atoms. The lowest BCUT2D eigenvalue weighted by Gasteiger charge is -2.18. The third-order valence-electron chi connectivity index (χ3n) is 4.56. The number of aromatic amines is 1. The van der Waals surface area contributed by atoms with Gasteiger partial charge in [-0.2, -0.15) is 10.2 Å². The van der Waals surface area contributed by atoms with Crippen molar-refractivity contribution in [3.63, 3.8) is 0 Å². The molecular formula is C19H20BrN7. The molecule has 1 N–H and O–H groups in total. The zero-order valence-electron chi connectivity index (χ0n) is 15.2. The van der Waals surface area contributed by atoms with Crippen LogP contribution in [-0.4, -0.2) is 43.5 Å². The fourth-order valence-corrected chi connectivity index (χ4v) is 3.77. The number of H-pyrrole nitrogens is 1. The summed E-state index contributed by atoms with van der Waals surface area (Å²) in [4.78, 5) is 10.9. The lowest BCUT2D eigenvalue weighted by Crippen LogP contribution is -2.20. The summed E-state index contributed by atoms with van der Waals surface area (Å²) >= 11 is 3.51. The fraction of sp³-hybridized carbons (Fsp3) is 0.263. The zero-order valence-corrected chi connectivity index (χ0v) is 16.8. The highest BCUT2D eigenvalue weighted by atomic mass is 79.9. The molecule has 3 aromatic heterocycles. The Morgan fingerprint density at radius 1 is 1.19 bits per heavy atom. The minimum absolute atomic E-state index is 0.767. The molecule has 0 amide bonds. The van der Waals surface area contributed by atoms with Gasteiger partial charge in [-0.15, -0.1) is 0 Å². The average Bonchev–Trinajstić information content (AvgIpc) is 3.27. The lowest BCUT2D eigenvalue weighted by atomic mass is 10.1. The number of nitrogens with zero attached hydrogens (tertiary/aromatic N) is 6. The van der Waals surface area contributed by atoms with Gasteiger partial charge in [0.1, 0.15) is 16.7 Å². The number of benzene rings is 1. The molecule has 4 aromatic rings. The minimum atomic E-state index is 0.767. The fourth-order valence-electron chi connectivity index (χ4n) is 3.17. The minimum Gasteiger partial charge on any atom is -0.359 e. The molecule has 3 heterocycles. The second-order valence-corrected chi connectivity index (χ2v) is 7.23. The monoisotopic (exact) mass is 425 g/mol. The van der Waals surface area contributed by atoms with Crippen LogP contribution in [0.15, 0.2) is 47.3 Å². The van der Waals surface area contributed by atoms with Crippen LogP contribution in [0.1, 0.15) is 12.1 Å². The van der Waals surface area contributed by atoms with Gasteiger partial charge in [0.15, 0.2) is 5.65 Å². The van der Waals surface area contributed by atoms with Crippen LogP contribution in [0.4, 0.5) is 5.82 Å². The Bertz CT molecular complexity index is 1050. The maximum atomic E-state index is 4.46. The molecule has 0 aliphatic rings. The molecule has 0 bridgehead atoms. The van der Waals surface area contributed by atoms with E-state index in [0.29, 0.717) is 0 Å². The number of hydrogen-bond donors (Lipinski definition) is 1. The number of anilines is 1. The number of aryl methyl sites for hydroxylation is 2. The number of rotatable bonds is 6. The smallest absolute Gasteiger partial charge is 0.164 e. The summed E-state index contributed by atoms with van der Waals surface area (Å²) in [6, 6.07) is 12.3. The highest BCUT2D eigenvalue weighted by Crippen LogP contribution is 2.28. The van der Waals surface area contributed by atoms with Crippen molar-refractivity contribution < 1.29 is 0 Å². The van der Waals surface area contributed by atoms with E-state index >= 15 is 0 Å². The summed E-state index contributed by atoms with van der Waals surface area (Å²) < 4.78 is 2.53. The van der Waals surface area contributed by atoms with E-state index in [1.54, 1.807) is 11.0 Å². The van der Waals surface area contributed by atoms with E-state index in [0.717, 1.165) is 57.8 Å². The van der Waals surface area contributed by atoms with Gasteiger partial charge in [0.25, 0.3) is 0 Å². The van der Waals surface area contributed by atoms with Crippen LogP contribution >= 0.6 is 15.9 Å². The molecule has 0 radical (unpaired) electrons. The third kappa shape index (κ3) is 3.57.